The first kappa shape index (κ1) is 11.7. The number of carboxylic acid groups (broad SMARTS) is 1. The Labute approximate surface area is 100 Å². The molecule has 0 atom stereocenters. The van der Waals surface area contributed by atoms with Gasteiger partial charge in [0.25, 0.3) is 0 Å². The van der Waals surface area contributed by atoms with Crippen molar-refractivity contribution >= 4 is 11.8 Å². The highest BCUT2D eigenvalue weighted by atomic mass is 16.5. The van der Waals surface area contributed by atoms with Crippen molar-refractivity contribution in [3.63, 3.8) is 0 Å². The smallest absolute Gasteiger partial charge is 0.341 e. The first-order chi connectivity index (χ1) is 8.27. The number of nitrogens with zero attached hydrogens (tertiary/aromatic N) is 2. The predicted octanol–water partition coefficient (Wildman–Crippen LogP) is 1.54. The van der Waals surface area contributed by atoms with Gasteiger partial charge in [0.1, 0.15) is 0 Å². The van der Waals surface area contributed by atoms with E-state index in [0.717, 1.165) is 31.7 Å². The van der Waals surface area contributed by atoms with Crippen molar-refractivity contribution in [2.24, 2.45) is 0 Å². The Hall–Kier alpha value is -1.78. The van der Waals surface area contributed by atoms with Crippen molar-refractivity contribution < 1.29 is 14.6 Å². The Balaban J connectivity index is 2.11. The zero-order chi connectivity index (χ0) is 12.1. The molecule has 1 aliphatic heterocycles. The third-order valence-corrected chi connectivity index (χ3v) is 2.76. The number of hydrogen-bond acceptors (Lipinski definition) is 4. The molecule has 0 unspecified atom stereocenters. The van der Waals surface area contributed by atoms with E-state index in [0.29, 0.717) is 5.75 Å². The van der Waals surface area contributed by atoms with Crippen molar-refractivity contribution in [2.75, 3.05) is 24.6 Å². The van der Waals surface area contributed by atoms with Crippen LogP contribution in [0.5, 0.6) is 5.75 Å². The third-order valence-electron chi connectivity index (χ3n) is 2.76. The van der Waals surface area contributed by atoms with E-state index in [1.807, 2.05) is 0 Å². The first-order valence-corrected chi connectivity index (χ1v) is 5.82. The summed E-state index contributed by atoms with van der Waals surface area (Å²) in [5.41, 5.74) is 0. The van der Waals surface area contributed by atoms with Gasteiger partial charge in [0.15, 0.2) is 18.2 Å². The molecule has 1 saturated heterocycles. The van der Waals surface area contributed by atoms with Crippen LogP contribution in [-0.2, 0) is 4.79 Å². The summed E-state index contributed by atoms with van der Waals surface area (Å²) in [6.45, 7) is 1.59. The van der Waals surface area contributed by atoms with Gasteiger partial charge in [-0.1, -0.05) is 0 Å². The van der Waals surface area contributed by atoms with Crippen LogP contribution < -0.4 is 9.64 Å². The van der Waals surface area contributed by atoms with Crippen LogP contribution in [0.4, 0.5) is 5.82 Å². The van der Waals surface area contributed by atoms with Gasteiger partial charge in [0.2, 0.25) is 0 Å². The third kappa shape index (κ3) is 3.09. The maximum absolute atomic E-state index is 10.5. The van der Waals surface area contributed by atoms with Crippen LogP contribution in [-0.4, -0.2) is 35.8 Å². The zero-order valence-electron chi connectivity index (χ0n) is 9.63. The highest BCUT2D eigenvalue weighted by molar-refractivity contribution is 5.69. The van der Waals surface area contributed by atoms with Gasteiger partial charge in [0.05, 0.1) is 0 Å². The number of ether oxygens (including phenoxy) is 1. The lowest BCUT2D eigenvalue weighted by Gasteiger charge is -2.28. The van der Waals surface area contributed by atoms with Gasteiger partial charge in [0, 0.05) is 19.3 Å². The SMILES string of the molecule is O=C(O)COc1cccnc1N1CCCCC1. The van der Waals surface area contributed by atoms with Crippen molar-refractivity contribution in [3.8, 4) is 5.75 Å². The van der Waals surface area contributed by atoms with E-state index in [-0.39, 0.29) is 6.61 Å². The number of aliphatic carboxylic acids is 1. The average Bonchev–Trinajstić information content (AvgIpc) is 2.38. The summed E-state index contributed by atoms with van der Waals surface area (Å²) >= 11 is 0. The molecule has 92 valence electrons. The lowest BCUT2D eigenvalue weighted by molar-refractivity contribution is -0.139. The molecule has 1 aliphatic rings. The van der Waals surface area contributed by atoms with Gasteiger partial charge < -0.3 is 14.7 Å². The van der Waals surface area contributed by atoms with Crippen LogP contribution in [0.1, 0.15) is 19.3 Å². The van der Waals surface area contributed by atoms with E-state index in [4.69, 9.17) is 9.84 Å². The molecule has 0 spiro atoms. The minimum atomic E-state index is -0.974. The molecule has 5 nitrogen and oxygen atoms in total. The molecule has 0 amide bonds. The molecule has 2 rings (SSSR count). The largest absolute Gasteiger partial charge is 0.479 e. The highest BCUT2D eigenvalue weighted by Crippen LogP contribution is 2.27. The molecule has 0 saturated carbocycles. The number of pyridine rings is 1. The topological polar surface area (TPSA) is 62.7 Å². The maximum atomic E-state index is 10.5. The van der Waals surface area contributed by atoms with Gasteiger partial charge in [-0.25, -0.2) is 9.78 Å². The van der Waals surface area contributed by atoms with Gasteiger partial charge in [-0.15, -0.1) is 0 Å². The molecule has 2 heterocycles. The highest BCUT2D eigenvalue weighted by Gasteiger charge is 2.16. The monoisotopic (exact) mass is 236 g/mol. The summed E-state index contributed by atoms with van der Waals surface area (Å²) < 4.78 is 5.25. The number of hydrogen-bond donors (Lipinski definition) is 1. The van der Waals surface area contributed by atoms with Gasteiger partial charge in [-0.2, -0.15) is 0 Å². The van der Waals surface area contributed by atoms with E-state index in [2.05, 4.69) is 9.88 Å². The Kier molecular flexibility index (Phi) is 3.80. The Morgan fingerprint density at radius 1 is 1.41 bits per heavy atom. The first-order valence-electron chi connectivity index (χ1n) is 5.82. The fourth-order valence-corrected chi connectivity index (χ4v) is 1.98. The molecule has 1 N–H and O–H groups in total. The predicted molar refractivity (Wildman–Crippen MR) is 63.4 cm³/mol. The van der Waals surface area contributed by atoms with Crippen molar-refractivity contribution in [2.45, 2.75) is 19.3 Å². The minimum Gasteiger partial charge on any atom is -0.479 e. The molecule has 1 aromatic heterocycles. The van der Waals surface area contributed by atoms with Crippen molar-refractivity contribution in [3.05, 3.63) is 18.3 Å². The molecule has 0 aliphatic carbocycles. The number of aromatic nitrogens is 1. The van der Waals surface area contributed by atoms with Gasteiger partial charge in [-0.05, 0) is 31.4 Å². The summed E-state index contributed by atoms with van der Waals surface area (Å²) in [5.74, 6) is 0.337. The van der Waals surface area contributed by atoms with E-state index in [1.54, 1.807) is 18.3 Å². The molecule has 5 heteroatoms. The fraction of sp³-hybridized carbons (Fsp3) is 0.500. The Morgan fingerprint density at radius 2 is 2.18 bits per heavy atom. The molecule has 0 radical (unpaired) electrons. The number of carboxylic acids is 1. The number of anilines is 1. The molecular weight excluding hydrogens is 220 g/mol. The van der Waals surface area contributed by atoms with Crippen LogP contribution in [0.3, 0.4) is 0 Å². The van der Waals surface area contributed by atoms with Crippen LogP contribution in [0.25, 0.3) is 0 Å². The molecule has 1 aromatic rings. The normalized spacial score (nSPS) is 15.6. The molecule has 0 bridgehead atoms. The second kappa shape index (κ2) is 5.52. The summed E-state index contributed by atoms with van der Waals surface area (Å²) in [7, 11) is 0. The second-order valence-electron chi connectivity index (χ2n) is 4.06. The number of rotatable bonds is 4. The summed E-state index contributed by atoms with van der Waals surface area (Å²) in [4.78, 5) is 16.9. The van der Waals surface area contributed by atoms with E-state index in [9.17, 15) is 4.79 Å². The zero-order valence-corrected chi connectivity index (χ0v) is 9.63. The lowest BCUT2D eigenvalue weighted by atomic mass is 10.1. The minimum absolute atomic E-state index is 0.327. The van der Waals surface area contributed by atoms with Crippen LogP contribution in [0, 0.1) is 0 Å². The van der Waals surface area contributed by atoms with Crippen molar-refractivity contribution in [1.29, 1.82) is 0 Å². The van der Waals surface area contributed by atoms with E-state index < -0.39 is 5.97 Å². The summed E-state index contributed by atoms with van der Waals surface area (Å²) in [6, 6.07) is 3.52. The fourth-order valence-electron chi connectivity index (χ4n) is 1.98. The standard InChI is InChI=1S/C12H16N2O3/c15-11(16)9-17-10-5-4-6-13-12(10)14-7-2-1-3-8-14/h4-6H,1-3,7-9H2,(H,15,16). The van der Waals surface area contributed by atoms with Crippen LogP contribution in [0.2, 0.25) is 0 Å². The second-order valence-corrected chi connectivity index (χ2v) is 4.06. The summed E-state index contributed by atoms with van der Waals surface area (Å²) in [5, 5.41) is 8.62. The molecule has 1 fully saturated rings. The number of carbonyl (C=O) groups is 1. The van der Waals surface area contributed by atoms with Crippen molar-refractivity contribution in [1.82, 2.24) is 4.98 Å². The van der Waals surface area contributed by atoms with Gasteiger partial charge in [-0.3, -0.25) is 0 Å². The van der Waals surface area contributed by atoms with E-state index >= 15 is 0 Å². The van der Waals surface area contributed by atoms with Crippen LogP contribution >= 0.6 is 0 Å². The Bertz CT molecular complexity index is 389. The quantitative estimate of drug-likeness (QED) is 0.859. The molecule has 17 heavy (non-hydrogen) atoms. The summed E-state index contributed by atoms with van der Waals surface area (Å²) in [6.07, 6.45) is 5.25. The molecule has 0 aromatic carbocycles. The number of piperidine rings is 1. The van der Waals surface area contributed by atoms with Crippen LogP contribution in [0.15, 0.2) is 18.3 Å². The molecular formula is C12H16N2O3. The Morgan fingerprint density at radius 3 is 2.88 bits per heavy atom. The average molecular weight is 236 g/mol. The lowest BCUT2D eigenvalue weighted by Crippen LogP contribution is -2.30. The van der Waals surface area contributed by atoms with E-state index in [1.165, 1.54) is 6.42 Å². The maximum Gasteiger partial charge on any atom is 0.341 e. The van der Waals surface area contributed by atoms with Gasteiger partial charge >= 0.3 is 5.97 Å².